The van der Waals surface area contributed by atoms with Gasteiger partial charge >= 0.3 is 0 Å². The van der Waals surface area contributed by atoms with Gasteiger partial charge in [0.15, 0.2) is 6.29 Å². The van der Waals surface area contributed by atoms with Gasteiger partial charge in [0.2, 0.25) is 0 Å². The second kappa shape index (κ2) is 4.37. The Morgan fingerprint density at radius 3 is 2.50 bits per heavy atom. The van der Waals surface area contributed by atoms with Crippen LogP contribution in [0.1, 0.15) is 11.9 Å². The SMILES string of the molecule is Clc1ccc(C2OCCO2)c(Cl)c1Br. The zero-order valence-electron chi connectivity index (χ0n) is 7.10. The summed E-state index contributed by atoms with van der Waals surface area (Å²) in [5, 5.41) is 1.13. The molecule has 0 aromatic heterocycles. The lowest BCUT2D eigenvalue weighted by atomic mass is 10.2. The van der Waals surface area contributed by atoms with Crippen molar-refractivity contribution in [3.05, 3.63) is 32.2 Å². The van der Waals surface area contributed by atoms with Crippen molar-refractivity contribution in [3.8, 4) is 0 Å². The van der Waals surface area contributed by atoms with Crippen LogP contribution in [0.25, 0.3) is 0 Å². The molecule has 76 valence electrons. The lowest BCUT2D eigenvalue weighted by molar-refractivity contribution is -0.0440. The van der Waals surface area contributed by atoms with Gasteiger partial charge < -0.3 is 9.47 Å². The molecule has 2 rings (SSSR count). The minimum absolute atomic E-state index is 0.365. The van der Waals surface area contributed by atoms with E-state index in [9.17, 15) is 0 Å². The van der Waals surface area contributed by atoms with E-state index in [1.807, 2.05) is 6.07 Å². The fourth-order valence-electron chi connectivity index (χ4n) is 1.26. The Morgan fingerprint density at radius 2 is 1.86 bits per heavy atom. The molecule has 1 aliphatic rings. The van der Waals surface area contributed by atoms with Crippen LogP contribution in [-0.2, 0) is 9.47 Å². The van der Waals surface area contributed by atoms with Crippen molar-refractivity contribution >= 4 is 39.1 Å². The molecule has 1 aromatic carbocycles. The smallest absolute Gasteiger partial charge is 0.185 e. The molecule has 0 amide bonds. The summed E-state index contributed by atoms with van der Waals surface area (Å²) in [6.07, 6.45) is -0.365. The average Bonchev–Trinajstić information content (AvgIpc) is 2.67. The van der Waals surface area contributed by atoms with Crippen LogP contribution < -0.4 is 0 Å². The molecule has 0 bridgehead atoms. The van der Waals surface area contributed by atoms with E-state index in [1.54, 1.807) is 6.07 Å². The molecule has 0 atom stereocenters. The highest BCUT2D eigenvalue weighted by Crippen LogP contribution is 2.38. The first-order chi connectivity index (χ1) is 6.70. The van der Waals surface area contributed by atoms with Crippen LogP contribution >= 0.6 is 39.1 Å². The normalized spacial score (nSPS) is 17.6. The van der Waals surface area contributed by atoms with Gasteiger partial charge in [-0.2, -0.15) is 0 Å². The lowest BCUT2D eigenvalue weighted by Gasteiger charge is -2.12. The zero-order valence-corrected chi connectivity index (χ0v) is 10.2. The van der Waals surface area contributed by atoms with Crippen molar-refractivity contribution in [3.63, 3.8) is 0 Å². The molecule has 0 saturated carbocycles. The highest BCUT2D eigenvalue weighted by Gasteiger charge is 2.22. The van der Waals surface area contributed by atoms with Crippen LogP contribution in [0.4, 0.5) is 0 Å². The van der Waals surface area contributed by atoms with E-state index in [0.717, 1.165) is 5.56 Å². The molecule has 0 radical (unpaired) electrons. The molecule has 0 aliphatic carbocycles. The molecule has 0 spiro atoms. The van der Waals surface area contributed by atoms with Crippen LogP contribution in [0.15, 0.2) is 16.6 Å². The van der Waals surface area contributed by atoms with Gasteiger partial charge in [0.25, 0.3) is 0 Å². The molecule has 0 N–H and O–H groups in total. The summed E-state index contributed by atoms with van der Waals surface area (Å²) in [5.74, 6) is 0. The molecule has 5 heteroatoms. The minimum atomic E-state index is -0.365. The number of hydrogen-bond donors (Lipinski definition) is 0. The number of benzene rings is 1. The van der Waals surface area contributed by atoms with Crippen molar-refractivity contribution in [1.29, 1.82) is 0 Å². The van der Waals surface area contributed by atoms with Gasteiger partial charge in [0.05, 0.1) is 27.7 Å². The maximum absolute atomic E-state index is 6.09. The third-order valence-corrected chi connectivity index (χ3v) is 3.94. The van der Waals surface area contributed by atoms with Crippen LogP contribution in [0.2, 0.25) is 10.0 Å². The minimum Gasteiger partial charge on any atom is -0.346 e. The molecule has 1 saturated heterocycles. The second-order valence-corrected chi connectivity index (χ2v) is 4.42. The molecule has 1 aromatic rings. The highest BCUT2D eigenvalue weighted by atomic mass is 79.9. The maximum Gasteiger partial charge on any atom is 0.185 e. The predicted octanol–water partition coefficient (Wildman–Crippen LogP) is 3.80. The second-order valence-electron chi connectivity index (χ2n) is 2.84. The Morgan fingerprint density at radius 1 is 1.21 bits per heavy atom. The first-order valence-corrected chi connectivity index (χ1v) is 5.61. The van der Waals surface area contributed by atoms with E-state index in [0.29, 0.717) is 27.7 Å². The third-order valence-electron chi connectivity index (χ3n) is 1.94. The third kappa shape index (κ3) is 1.92. The molecule has 2 nitrogen and oxygen atoms in total. The quantitative estimate of drug-likeness (QED) is 0.734. The van der Waals surface area contributed by atoms with E-state index in [2.05, 4.69) is 15.9 Å². The van der Waals surface area contributed by atoms with Gasteiger partial charge in [-0.3, -0.25) is 0 Å². The Labute approximate surface area is 100 Å². The fourth-order valence-corrected chi connectivity index (χ4v) is 2.08. The van der Waals surface area contributed by atoms with Crippen LogP contribution in [0.3, 0.4) is 0 Å². The number of halogens is 3. The van der Waals surface area contributed by atoms with E-state index >= 15 is 0 Å². The molecular weight excluding hydrogens is 291 g/mol. The summed E-state index contributed by atoms with van der Waals surface area (Å²) in [4.78, 5) is 0. The van der Waals surface area contributed by atoms with Gasteiger partial charge in [-0.05, 0) is 22.0 Å². The average molecular weight is 298 g/mol. The van der Waals surface area contributed by atoms with Crippen molar-refractivity contribution in [2.75, 3.05) is 13.2 Å². The number of hydrogen-bond acceptors (Lipinski definition) is 2. The largest absolute Gasteiger partial charge is 0.346 e. The molecule has 14 heavy (non-hydrogen) atoms. The summed E-state index contributed by atoms with van der Waals surface area (Å²) in [5.41, 5.74) is 0.806. The standard InChI is InChI=1S/C9H7BrCl2O2/c10-7-6(11)2-1-5(8(7)12)9-13-3-4-14-9/h1-2,9H,3-4H2. The summed E-state index contributed by atoms with van der Waals surface area (Å²) in [7, 11) is 0. The van der Waals surface area contributed by atoms with Crippen LogP contribution in [0, 0.1) is 0 Å². The molecule has 1 fully saturated rings. The van der Waals surface area contributed by atoms with Crippen LogP contribution in [0.5, 0.6) is 0 Å². The molecular formula is C9H7BrCl2O2. The van der Waals surface area contributed by atoms with E-state index in [-0.39, 0.29) is 6.29 Å². The summed E-state index contributed by atoms with van der Waals surface area (Å²) in [6.45, 7) is 1.20. The van der Waals surface area contributed by atoms with E-state index in [1.165, 1.54) is 0 Å². The fraction of sp³-hybridized carbons (Fsp3) is 0.333. The molecule has 0 unspecified atom stereocenters. The lowest BCUT2D eigenvalue weighted by Crippen LogP contribution is -1.99. The number of rotatable bonds is 1. The zero-order chi connectivity index (χ0) is 10.1. The van der Waals surface area contributed by atoms with E-state index in [4.69, 9.17) is 32.7 Å². The Bertz CT molecular complexity index is 351. The van der Waals surface area contributed by atoms with Crippen molar-refractivity contribution in [1.82, 2.24) is 0 Å². The van der Waals surface area contributed by atoms with Gasteiger partial charge in [0.1, 0.15) is 0 Å². The van der Waals surface area contributed by atoms with Crippen LogP contribution in [-0.4, -0.2) is 13.2 Å². The first kappa shape index (κ1) is 10.7. The molecule has 1 heterocycles. The topological polar surface area (TPSA) is 18.5 Å². The van der Waals surface area contributed by atoms with E-state index < -0.39 is 0 Å². The summed E-state index contributed by atoms with van der Waals surface area (Å²) < 4.78 is 11.4. The van der Waals surface area contributed by atoms with Gasteiger partial charge in [0, 0.05) is 5.56 Å². The van der Waals surface area contributed by atoms with Gasteiger partial charge in [-0.15, -0.1) is 0 Å². The Kier molecular flexibility index (Phi) is 3.34. The number of ether oxygens (including phenoxy) is 2. The Hall–Kier alpha value is 0.200. The van der Waals surface area contributed by atoms with Crippen molar-refractivity contribution < 1.29 is 9.47 Å². The summed E-state index contributed by atoms with van der Waals surface area (Å²) in [6, 6.07) is 3.57. The van der Waals surface area contributed by atoms with Crippen molar-refractivity contribution in [2.45, 2.75) is 6.29 Å². The predicted molar refractivity (Wildman–Crippen MR) is 58.8 cm³/mol. The maximum atomic E-state index is 6.09. The first-order valence-electron chi connectivity index (χ1n) is 4.07. The van der Waals surface area contributed by atoms with Gasteiger partial charge in [-0.1, -0.05) is 29.3 Å². The molecule has 1 aliphatic heterocycles. The highest BCUT2D eigenvalue weighted by molar-refractivity contribution is 9.10. The van der Waals surface area contributed by atoms with Crippen molar-refractivity contribution in [2.24, 2.45) is 0 Å². The monoisotopic (exact) mass is 296 g/mol. The Balaban J connectivity index is 2.38. The van der Waals surface area contributed by atoms with Gasteiger partial charge in [-0.25, -0.2) is 0 Å². The summed E-state index contributed by atoms with van der Waals surface area (Å²) >= 11 is 15.3.